The van der Waals surface area contributed by atoms with Crippen LogP contribution in [0.25, 0.3) is 5.76 Å². The third-order valence-corrected chi connectivity index (χ3v) is 5.66. The third kappa shape index (κ3) is 5.59. The Morgan fingerprint density at radius 3 is 2.38 bits per heavy atom. The largest absolute Gasteiger partial charge is 0.507 e. The average molecular weight is 467 g/mol. The number of benzene rings is 2. The van der Waals surface area contributed by atoms with E-state index in [2.05, 4.69) is 0 Å². The van der Waals surface area contributed by atoms with Crippen LogP contribution >= 0.6 is 0 Å². The summed E-state index contributed by atoms with van der Waals surface area (Å²) in [5, 5.41) is 11.2. The lowest BCUT2D eigenvalue weighted by Gasteiger charge is -2.27. The van der Waals surface area contributed by atoms with Crippen molar-refractivity contribution in [2.45, 2.75) is 32.7 Å². The molecule has 1 atom stereocenters. The highest BCUT2D eigenvalue weighted by molar-refractivity contribution is 6.46. The van der Waals surface area contributed by atoms with Gasteiger partial charge >= 0.3 is 0 Å². The monoisotopic (exact) mass is 466 g/mol. The number of Topliss-reactive ketones (excluding diaryl/α,β-unsaturated/α-hetero) is 1. The first-order valence-electron chi connectivity index (χ1n) is 11.8. The number of rotatable bonds is 11. The zero-order valence-electron chi connectivity index (χ0n) is 20.4. The van der Waals surface area contributed by atoms with E-state index >= 15 is 0 Å². The normalized spacial score (nSPS) is 17.4. The molecule has 1 N–H and O–H groups in total. The number of aliphatic hydroxyl groups is 1. The summed E-state index contributed by atoms with van der Waals surface area (Å²) >= 11 is 0. The van der Waals surface area contributed by atoms with E-state index in [9.17, 15) is 14.7 Å². The molecule has 1 aliphatic rings. The number of carbonyl (C=O) groups excluding carboxylic acids is 2. The van der Waals surface area contributed by atoms with Gasteiger partial charge in [-0.25, -0.2) is 0 Å². The Bertz CT molecular complexity index is 1030. The van der Waals surface area contributed by atoms with E-state index in [-0.39, 0.29) is 11.3 Å². The van der Waals surface area contributed by atoms with Crippen molar-refractivity contribution >= 4 is 17.4 Å². The molecule has 1 heterocycles. The molecule has 3 rings (SSSR count). The summed E-state index contributed by atoms with van der Waals surface area (Å²) in [7, 11) is 3.92. The Kier molecular flexibility index (Phi) is 8.71. The minimum absolute atomic E-state index is 0.0734. The highest BCUT2D eigenvalue weighted by Gasteiger charge is 2.46. The number of amides is 1. The third-order valence-electron chi connectivity index (χ3n) is 5.66. The molecule has 1 amide bonds. The zero-order chi connectivity index (χ0) is 24.7. The predicted molar refractivity (Wildman–Crippen MR) is 132 cm³/mol. The lowest BCUT2D eigenvalue weighted by atomic mass is 9.94. The van der Waals surface area contributed by atoms with Crippen LogP contribution in [0.3, 0.4) is 0 Å². The van der Waals surface area contributed by atoms with Crippen LogP contribution in [-0.2, 0) is 9.59 Å². The highest BCUT2D eigenvalue weighted by atomic mass is 16.5. The summed E-state index contributed by atoms with van der Waals surface area (Å²) in [4.78, 5) is 29.9. The molecular formula is C27H34N2O5. The maximum Gasteiger partial charge on any atom is 0.295 e. The molecule has 1 aliphatic heterocycles. The second-order valence-electron chi connectivity index (χ2n) is 8.49. The highest BCUT2D eigenvalue weighted by Crippen LogP contribution is 2.42. The maximum absolute atomic E-state index is 13.2. The van der Waals surface area contributed by atoms with Crippen LogP contribution in [-0.4, -0.2) is 67.0 Å². The molecule has 0 aliphatic carbocycles. The number of likely N-dealkylation sites (tertiary alicyclic amines) is 1. The van der Waals surface area contributed by atoms with Gasteiger partial charge in [0.15, 0.2) is 0 Å². The van der Waals surface area contributed by atoms with Crippen molar-refractivity contribution in [1.82, 2.24) is 9.80 Å². The fourth-order valence-electron chi connectivity index (χ4n) is 4.07. The minimum atomic E-state index is -0.735. The van der Waals surface area contributed by atoms with Gasteiger partial charge in [-0.1, -0.05) is 25.1 Å². The van der Waals surface area contributed by atoms with Crippen LogP contribution in [0.4, 0.5) is 0 Å². The van der Waals surface area contributed by atoms with Gasteiger partial charge in [0, 0.05) is 17.7 Å². The Hall–Kier alpha value is -3.32. The van der Waals surface area contributed by atoms with Crippen molar-refractivity contribution < 1.29 is 24.2 Å². The fraction of sp³-hybridized carbons (Fsp3) is 0.407. The molecule has 2 aromatic rings. The number of hydrogen-bond acceptors (Lipinski definition) is 6. The molecular weight excluding hydrogens is 432 g/mol. The predicted octanol–water partition coefficient (Wildman–Crippen LogP) is 4.25. The number of para-hydroxylation sites is 1. The van der Waals surface area contributed by atoms with Crippen LogP contribution in [0.5, 0.6) is 11.5 Å². The van der Waals surface area contributed by atoms with Crippen LogP contribution < -0.4 is 9.47 Å². The number of ketones is 1. The minimum Gasteiger partial charge on any atom is -0.507 e. The molecule has 182 valence electrons. The van der Waals surface area contributed by atoms with Crippen LogP contribution in [0, 0.1) is 0 Å². The standard InChI is InChI=1S/C27H34N2O5/c1-5-18-34-20-14-12-19(13-15-20)25(30)23-24(21-10-7-8-11-22(21)33-6-2)29(27(32)26(23)31)17-9-16-28(3)4/h7-8,10-15,24,30H,5-6,9,16-18H2,1-4H3/b25-23+. The van der Waals surface area contributed by atoms with Gasteiger partial charge in [-0.05, 0) is 70.7 Å². The van der Waals surface area contributed by atoms with E-state index in [1.54, 1.807) is 29.2 Å². The van der Waals surface area contributed by atoms with Gasteiger partial charge in [0.1, 0.15) is 17.3 Å². The average Bonchev–Trinajstić information content (AvgIpc) is 3.08. The fourth-order valence-corrected chi connectivity index (χ4v) is 4.07. The molecule has 0 bridgehead atoms. The van der Waals surface area contributed by atoms with Crippen LogP contribution in [0.1, 0.15) is 43.9 Å². The molecule has 7 nitrogen and oxygen atoms in total. The maximum atomic E-state index is 13.2. The van der Waals surface area contributed by atoms with Gasteiger partial charge in [-0.2, -0.15) is 0 Å². The van der Waals surface area contributed by atoms with E-state index in [4.69, 9.17) is 9.47 Å². The molecule has 7 heteroatoms. The van der Waals surface area contributed by atoms with Gasteiger partial charge in [-0.3, -0.25) is 9.59 Å². The summed E-state index contributed by atoms with van der Waals surface area (Å²) in [6.45, 7) is 6.09. The molecule has 1 fully saturated rings. The SMILES string of the molecule is CCCOc1ccc(/C(O)=C2\C(=O)C(=O)N(CCCN(C)C)C2c2ccccc2OCC)cc1. The first kappa shape index (κ1) is 25.3. The summed E-state index contributed by atoms with van der Waals surface area (Å²) in [6, 6.07) is 13.5. The van der Waals surface area contributed by atoms with Gasteiger partial charge in [0.25, 0.3) is 11.7 Å². The topological polar surface area (TPSA) is 79.3 Å². The van der Waals surface area contributed by atoms with Gasteiger partial charge in [-0.15, -0.1) is 0 Å². The summed E-state index contributed by atoms with van der Waals surface area (Å²) in [5.74, 6) is -0.235. The molecule has 34 heavy (non-hydrogen) atoms. The van der Waals surface area contributed by atoms with Crippen molar-refractivity contribution in [3.8, 4) is 11.5 Å². The molecule has 1 unspecified atom stereocenters. The van der Waals surface area contributed by atoms with Crippen molar-refractivity contribution in [3.63, 3.8) is 0 Å². The van der Waals surface area contributed by atoms with Crippen molar-refractivity contribution in [2.24, 2.45) is 0 Å². The number of aliphatic hydroxyl groups excluding tert-OH is 1. The molecule has 1 saturated heterocycles. The van der Waals surface area contributed by atoms with Gasteiger partial charge in [0.2, 0.25) is 0 Å². The Morgan fingerprint density at radius 1 is 1.03 bits per heavy atom. The zero-order valence-corrected chi connectivity index (χ0v) is 20.4. The lowest BCUT2D eigenvalue weighted by Crippen LogP contribution is -2.32. The first-order valence-corrected chi connectivity index (χ1v) is 11.8. The van der Waals surface area contributed by atoms with Gasteiger partial charge < -0.3 is 24.4 Å². The van der Waals surface area contributed by atoms with E-state index < -0.39 is 17.7 Å². The van der Waals surface area contributed by atoms with Crippen molar-refractivity contribution in [1.29, 1.82) is 0 Å². The van der Waals surface area contributed by atoms with Gasteiger partial charge in [0.05, 0.1) is 24.8 Å². The Morgan fingerprint density at radius 2 is 1.74 bits per heavy atom. The summed E-state index contributed by atoms with van der Waals surface area (Å²) < 4.78 is 11.4. The van der Waals surface area contributed by atoms with Crippen LogP contribution in [0.2, 0.25) is 0 Å². The molecule has 0 saturated carbocycles. The molecule has 0 spiro atoms. The second kappa shape index (κ2) is 11.7. The number of ether oxygens (including phenoxy) is 2. The lowest BCUT2D eigenvalue weighted by molar-refractivity contribution is -0.140. The smallest absolute Gasteiger partial charge is 0.295 e. The van der Waals surface area contributed by atoms with Crippen molar-refractivity contribution in [3.05, 3.63) is 65.2 Å². The molecule has 0 aromatic heterocycles. The van der Waals surface area contributed by atoms with E-state index in [1.807, 2.05) is 57.1 Å². The van der Waals surface area contributed by atoms with E-state index in [0.717, 1.165) is 13.0 Å². The Labute approximate surface area is 201 Å². The number of nitrogens with zero attached hydrogens (tertiary/aromatic N) is 2. The molecule has 2 aromatic carbocycles. The number of carbonyl (C=O) groups is 2. The van der Waals surface area contributed by atoms with E-state index in [0.29, 0.717) is 48.8 Å². The van der Waals surface area contributed by atoms with Crippen LogP contribution in [0.15, 0.2) is 54.1 Å². The summed E-state index contributed by atoms with van der Waals surface area (Å²) in [6.07, 6.45) is 1.58. The second-order valence-corrected chi connectivity index (χ2v) is 8.49. The van der Waals surface area contributed by atoms with Crippen molar-refractivity contribution in [2.75, 3.05) is 40.4 Å². The van der Waals surface area contributed by atoms with E-state index in [1.165, 1.54) is 0 Å². The summed E-state index contributed by atoms with van der Waals surface area (Å²) in [5.41, 5.74) is 1.20. The first-order chi connectivity index (χ1) is 16.4. The Balaban J connectivity index is 2.07. The molecule has 0 radical (unpaired) electrons. The number of hydrogen-bond donors (Lipinski definition) is 1. The quantitative estimate of drug-likeness (QED) is 0.303.